The number of nitrogens with zero attached hydrogens (tertiary/aromatic N) is 3. The number of benzene rings is 1. The van der Waals surface area contributed by atoms with Crippen LogP contribution in [-0.2, 0) is 17.8 Å². The number of amides is 2. The van der Waals surface area contributed by atoms with Gasteiger partial charge >= 0.3 is 0 Å². The summed E-state index contributed by atoms with van der Waals surface area (Å²) in [4.78, 5) is 37.4. The fraction of sp³-hybridized carbons (Fsp3) is 0.407. The van der Waals surface area contributed by atoms with Gasteiger partial charge in [0.1, 0.15) is 11.6 Å². The number of aliphatic imine (C=N–C) groups is 1. The Morgan fingerprint density at radius 3 is 2.69 bits per heavy atom. The minimum absolute atomic E-state index is 0.0418. The predicted octanol–water partition coefficient (Wildman–Crippen LogP) is 3.41. The Bertz CT molecular complexity index is 1210. The molecule has 9 nitrogen and oxygen atoms in total. The number of methoxy groups -OCH3 is 1. The first-order valence-electron chi connectivity index (χ1n) is 12.5. The third-order valence-corrected chi connectivity index (χ3v) is 6.28. The molecule has 2 aromatic rings. The predicted molar refractivity (Wildman–Crippen MR) is 142 cm³/mol. The van der Waals surface area contributed by atoms with Crippen LogP contribution in [0.25, 0.3) is 6.08 Å². The first-order valence-corrected chi connectivity index (χ1v) is 12.5. The average Bonchev–Trinajstić information content (AvgIpc) is 3.04. The normalized spacial score (nSPS) is 14.5. The highest BCUT2D eigenvalue weighted by atomic mass is 16.5. The van der Waals surface area contributed by atoms with Gasteiger partial charge in [0, 0.05) is 55.9 Å². The first kappa shape index (κ1) is 25.4. The van der Waals surface area contributed by atoms with E-state index < -0.39 is 0 Å². The quantitative estimate of drug-likeness (QED) is 0.521. The van der Waals surface area contributed by atoms with Crippen LogP contribution in [0.3, 0.4) is 0 Å². The zero-order chi connectivity index (χ0) is 25.7. The Morgan fingerprint density at radius 2 is 1.97 bits per heavy atom. The number of pyridine rings is 1. The molecule has 1 aromatic carbocycles. The molecule has 0 saturated carbocycles. The Balaban J connectivity index is 1.65. The number of hydrogen-bond acceptors (Lipinski definition) is 7. The van der Waals surface area contributed by atoms with E-state index in [0.29, 0.717) is 52.7 Å². The first-order chi connectivity index (χ1) is 17.4. The Hall–Kier alpha value is -3.72. The van der Waals surface area contributed by atoms with E-state index in [4.69, 9.17) is 10.5 Å². The Kier molecular flexibility index (Phi) is 8.00. The minimum Gasteiger partial charge on any atom is -0.496 e. The molecular formula is C27H34N6O3. The van der Waals surface area contributed by atoms with Gasteiger partial charge in [-0.1, -0.05) is 13.8 Å². The molecule has 1 aromatic heterocycles. The number of anilines is 1. The van der Waals surface area contributed by atoms with Gasteiger partial charge in [-0.25, -0.2) is 4.99 Å². The van der Waals surface area contributed by atoms with Crippen molar-refractivity contribution < 1.29 is 14.3 Å². The number of ether oxygens (including phenoxy) is 1. The number of nitrogens with one attached hydrogen (secondary N) is 2. The van der Waals surface area contributed by atoms with Gasteiger partial charge in [-0.2, -0.15) is 0 Å². The van der Waals surface area contributed by atoms with Gasteiger partial charge in [-0.15, -0.1) is 0 Å². The van der Waals surface area contributed by atoms with Crippen molar-refractivity contribution in [2.45, 2.75) is 46.1 Å². The average molecular weight is 491 g/mol. The standard InChI is InChI=1S/C27H34N6O3/c1-4-8-33(9-5-2)27(35)18-10-17-12-24(36-3)21(14-23(17)32-25(28)13-18)26(34)31-20-11-19-15-29-7-6-22(19)30-16-20/h10-12,14,16,29H,4-9,13,15H2,1-3H3,(H2,28,32)(H,31,34). The summed E-state index contributed by atoms with van der Waals surface area (Å²) in [5.74, 6) is 0.330. The molecule has 190 valence electrons. The maximum atomic E-state index is 13.3. The van der Waals surface area contributed by atoms with Crippen LogP contribution in [0.5, 0.6) is 5.75 Å². The molecule has 2 aliphatic heterocycles. The summed E-state index contributed by atoms with van der Waals surface area (Å²) >= 11 is 0. The van der Waals surface area contributed by atoms with Gasteiger partial charge < -0.3 is 26.0 Å². The molecule has 0 aliphatic carbocycles. The monoisotopic (exact) mass is 490 g/mol. The van der Waals surface area contributed by atoms with Crippen molar-refractivity contribution in [3.63, 3.8) is 0 Å². The van der Waals surface area contributed by atoms with Crippen molar-refractivity contribution in [1.29, 1.82) is 0 Å². The van der Waals surface area contributed by atoms with E-state index in [9.17, 15) is 9.59 Å². The van der Waals surface area contributed by atoms with Crippen LogP contribution in [0.15, 0.2) is 35.0 Å². The molecule has 0 atom stereocenters. The summed E-state index contributed by atoms with van der Waals surface area (Å²) < 4.78 is 5.56. The molecule has 0 radical (unpaired) electrons. The molecule has 2 amide bonds. The Morgan fingerprint density at radius 1 is 1.19 bits per heavy atom. The summed E-state index contributed by atoms with van der Waals surface area (Å²) in [5.41, 5.74) is 11.0. The summed E-state index contributed by atoms with van der Waals surface area (Å²) in [6.07, 6.45) is 6.35. The molecule has 0 spiro atoms. The van der Waals surface area contributed by atoms with E-state index in [1.807, 2.05) is 17.0 Å². The zero-order valence-corrected chi connectivity index (χ0v) is 21.2. The second-order valence-corrected chi connectivity index (χ2v) is 9.06. The Labute approximate surface area is 211 Å². The van der Waals surface area contributed by atoms with E-state index in [1.54, 1.807) is 18.3 Å². The molecule has 4 rings (SSSR count). The highest BCUT2D eigenvalue weighted by Gasteiger charge is 2.23. The van der Waals surface area contributed by atoms with Crippen LogP contribution in [-0.4, -0.2) is 54.3 Å². The lowest BCUT2D eigenvalue weighted by atomic mass is 10.0. The zero-order valence-electron chi connectivity index (χ0n) is 21.2. The number of amidine groups is 1. The number of rotatable bonds is 8. The summed E-state index contributed by atoms with van der Waals surface area (Å²) in [5, 5.41) is 6.24. The van der Waals surface area contributed by atoms with Gasteiger partial charge in [0.05, 0.1) is 30.2 Å². The van der Waals surface area contributed by atoms with Crippen molar-refractivity contribution in [2.24, 2.45) is 10.7 Å². The van der Waals surface area contributed by atoms with Gasteiger partial charge in [-0.3, -0.25) is 14.6 Å². The topological polar surface area (TPSA) is 122 Å². The number of hydrogen-bond donors (Lipinski definition) is 3. The van der Waals surface area contributed by atoms with Gasteiger partial charge in [0.25, 0.3) is 5.91 Å². The number of carbonyl (C=O) groups excluding carboxylic acids is 2. The van der Waals surface area contributed by atoms with Crippen LogP contribution in [0.2, 0.25) is 0 Å². The van der Waals surface area contributed by atoms with E-state index in [-0.39, 0.29) is 18.2 Å². The van der Waals surface area contributed by atoms with E-state index >= 15 is 0 Å². The molecule has 0 saturated heterocycles. The summed E-state index contributed by atoms with van der Waals surface area (Å²) in [6.45, 7) is 7.10. The second-order valence-electron chi connectivity index (χ2n) is 9.06. The minimum atomic E-state index is -0.337. The van der Waals surface area contributed by atoms with Crippen molar-refractivity contribution in [3.05, 3.63) is 52.4 Å². The summed E-state index contributed by atoms with van der Waals surface area (Å²) in [6, 6.07) is 5.33. The molecular weight excluding hydrogens is 456 g/mol. The number of aromatic nitrogens is 1. The molecule has 4 N–H and O–H groups in total. The lowest BCUT2D eigenvalue weighted by molar-refractivity contribution is -0.127. The lowest BCUT2D eigenvalue weighted by Crippen LogP contribution is -2.34. The van der Waals surface area contributed by atoms with E-state index in [2.05, 4.69) is 34.5 Å². The molecule has 0 unspecified atom stereocenters. The highest BCUT2D eigenvalue weighted by Crippen LogP contribution is 2.34. The fourth-order valence-corrected chi connectivity index (χ4v) is 4.58. The van der Waals surface area contributed by atoms with Crippen LogP contribution < -0.4 is 21.1 Å². The fourth-order valence-electron chi connectivity index (χ4n) is 4.58. The van der Waals surface area contributed by atoms with Gasteiger partial charge in [0.2, 0.25) is 5.91 Å². The van der Waals surface area contributed by atoms with Crippen molar-refractivity contribution >= 4 is 35.1 Å². The highest BCUT2D eigenvalue weighted by molar-refractivity contribution is 6.09. The van der Waals surface area contributed by atoms with Crippen molar-refractivity contribution in [1.82, 2.24) is 15.2 Å². The number of nitrogens with two attached hydrogens (primary N) is 1. The smallest absolute Gasteiger partial charge is 0.259 e. The molecule has 9 heteroatoms. The maximum Gasteiger partial charge on any atom is 0.259 e. The second kappa shape index (κ2) is 11.3. The maximum absolute atomic E-state index is 13.3. The van der Waals surface area contributed by atoms with Crippen molar-refractivity contribution in [3.8, 4) is 5.75 Å². The lowest BCUT2D eigenvalue weighted by Gasteiger charge is -2.22. The van der Waals surface area contributed by atoms with E-state index in [1.165, 1.54) is 7.11 Å². The van der Waals surface area contributed by atoms with Crippen LogP contribution in [0.4, 0.5) is 11.4 Å². The third-order valence-electron chi connectivity index (χ3n) is 6.28. The number of carbonyl (C=O) groups is 2. The van der Waals surface area contributed by atoms with Crippen LogP contribution in [0.1, 0.15) is 60.3 Å². The molecule has 3 heterocycles. The van der Waals surface area contributed by atoms with Crippen molar-refractivity contribution in [2.75, 3.05) is 32.1 Å². The largest absolute Gasteiger partial charge is 0.496 e. The van der Waals surface area contributed by atoms with E-state index in [0.717, 1.165) is 43.6 Å². The van der Waals surface area contributed by atoms with Crippen LogP contribution >= 0.6 is 0 Å². The third kappa shape index (κ3) is 5.57. The molecule has 0 bridgehead atoms. The van der Waals surface area contributed by atoms with Gasteiger partial charge in [0.15, 0.2) is 0 Å². The number of fused-ring (bicyclic) bond motifs is 2. The SMILES string of the molecule is CCCN(CCC)C(=O)C1=Cc2cc(OC)c(C(=O)Nc3cnc4c(c3)CNCC4)cc2N=C(N)C1. The summed E-state index contributed by atoms with van der Waals surface area (Å²) in [7, 11) is 1.51. The van der Waals surface area contributed by atoms with Gasteiger partial charge in [-0.05, 0) is 42.7 Å². The molecule has 0 fully saturated rings. The molecule has 2 aliphatic rings. The molecule has 36 heavy (non-hydrogen) atoms. The van der Waals surface area contributed by atoms with Crippen LogP contribution in [0, 0.1) is 0 Å².